The van der Waals surface area contributed by atoms with Crippen LogP contribution >= 0.6 is 0 Å². The lowest BCUT2D eigenvalue weighted by molar-refractivity contribution is -0.147. The van der Waals surface area contributed by atoms with Crippen LogP contribution in [0.15, 0.2) is 54.7 Å². The predicted molar refractivity (Wildman–Crippen MR) is 162 cm³/mol. The zero-order valence-electron chi connectivity index (χ0n) is 25.2. The second kappa shape index (κ2) is 16.9. The largest absolute Gasteiger partial charge is 0.488 e. The van der Waals surface area contributed by atoms with Crippen LogP contribution in [-0.2, 0) is 4.79 Å². The van der Waals surface area contributed by atoms with Gasteiger partial charge in [0.2, 0.25) is 5.67 Å². The molecule has 3 aromatic rings. The zero-order valence-corrected chi connectivity index (χ0v) is 25.2. The fourth-order valence-corrected chi connectivity index (χ4v) is 4.85. The number of benzene rings is 2. The molecule has 0 aliphatic rings. The average Bonchev–Trinajstić information content (AvgIpc) is 2.97. The summed E-state index contributed by atoms with van der Waals surface area (Å²) in [6, 6.07) is 12.6. The quantitative estimate of drug-likeness (QED) is 0.0849. The summed E-state index contributed by atoms with van der Waals surface area (Å²) in [4.78, 5) is 16.5. The summed E-state index contributed by atoms with van der Waals surface area (Å²) in [5.41, 5.74) is 0.241. The third-order valence-corrected chi connectivity index (χ3v) is 7.35. The van der Waals surface area contributed by atoms with Gasteiger partial charge in [-0.15, -0.1) is 0 Å². The standard InChI is InChI=1S/C35H44F3NO3/c1-4-6-7-8-9-10-11-12-13-14-22-41-33-30(36)23-28(24-31(33)37)32-20-17-27(25-39-32)26-15-18-29(19-16-26)42-34(40)35(3,38)21-5-2/h15-20,23-25H,4-14,21-22H2,1-3H3/t35-/m0/s1. The fraction of sp³-hybridized carbons (Fsp3) is 0.486. The number of hydrogen-bond acceptors (Lipinski definition) is 4. The van der Waals surface area contributed by atoms with E-state index in [1.807, 2.05) is 0 Å². The van der Waals surface area contributed by atoms with Crippen molar-refractivity contribution in [2.24, 2.45) is 0 Å². The minimum Gasteiger partial charge on any atom is -0.488 e. The third-order valence-electron chi connectivity index (χ3n) is 7.35. The molecular weight excluding hydrogens is 539 g/mol. The monoisotopic (exact) mass is 583 g/mol. The molecule has 0 radical (unpaired) electrons. The van der Waals surface area contributed by atoms with Crippen LogP contribution in [0, 0.1) is 11.6 Å². The first kappa shape index (κ1) is 33.2. The molecule has 0 fully saturated rings. The highest BCUT2D eigenvalue weighted by Crippen LogP contribution is 2.30. The lowest BCUT2D eigenvalue weighted by Gasteiger charge is -2.17. The van der Waals surface area contributed by atoms with Gasteiger partial charge in [0.1, 0.15) is 5.75 Å². The molecular formula is C35H44F3NO3. The van der Waals surface area contributed by atoms with Crippen molar-refractivity contribution in [3.63, 3.8) is 0 Å². The van der Waals surface area contributed by atoms with Crippen LogP contribution in [0.5, 0.6) is 11.5 Å². The summed E-state index contributed by atoms with van der Waals surface area (Å²) in [5, 5.41) is 0. The Bertz CT molecular complexity index is 1220. The first-order valence-corrected chi connectivity index (χ1v) is 15.3. The predicted octanol–water partition coefficient (Wildman–Crippen LogP) is 10.4. The first-order valence-electron chi connectivity index (χ1n) is 15.3. The van der Waals surface area contributed by atoms with Crippen molar-refractivity contribution in [2.75, 3.05) is 6.61 Å². The molecule has 1 atom stereocenters. The SMILES string of the molecule is CCCCCCCCCCCCOc1c(F)cc(-c2ccc(-c3ccc(OC(=O)[C@@](C)(F)CCC)cc3)cn2)cc1F. The van der Waals surface area contributed by atoms with Crippen molar-refractivity contribution in [3.8, 4) is 33.9 Å². The number of carbonyl (C=O) groups is 1. The van der Waals surface area contributed by atoms with Gasteiger partial charge in [-0.1, -0.05) is 96.3 Å². The van der Waals surface area contributed by atoms with Crippen molar-refractivity contribution >= 4 is 5.97 Å². The van der Waals surface area contributed by atoms with Gasteiger partial charge in [0.25, 0.3) is 0 Å². The Kier molecular flexibility index (Phi) is 13.4. The second-order valence-corrected chi connectivity index (χ2v) is 11.1. The van der Waals surface area contributed by atoms with Gasteiger partial charge in [0.15, 0.2) is 17.4 Å². The molecule has 0 saturated carbocycles. The van der Waals surface area contributed by atoms with Crippen molar-refractivity contribution in [2.45, 2.75) is 103 Å². The Morgan fingerprint density at radius 2 is 1.33 bits per heavy atom. The molecule has 4 nitrogen and oxygen atoms in total. The molecule has 0 saturated heterocycles. The zero-order chi connectivity index (χ0) is 30.4. The number of unbranched alkanes of at least 4 members (excludes halogenated alkanes) is 9. The number of ether oxygens (including phenoxy) is 2. The topological polar surface area (TPSA) is 48.4 Å². The van der Waals surface area contributed by atoms with E-state index in [9.17, 15) is 18.0 Å². The summed E-state index contributed by atoms with van der Waals surface area (Å²) < 4.78 is 54.5. The van der Waals surface area contributed by atoms with Gasteiger partial charge in [-0.3, -0.25) is 4.98 Å². The molecule has 228 valence electrons. The summed E-state index contributed by atoms with van der Waals surface area (Å²) in [6.07, 6.45) is 14.0. The van der Waals surface area contributed by atoms with Gasteiger partial charge < -0.3 is 9.47 Å². The number of aromatic nitrogens is 1. The third kappa shape index (κ3) is 10.2. The number of esters is 1. The lowest BCUT2D eigenvalue weighted by atomic mass is 10.0. The molecule has 7 heteroatoms. The van der Waals surface area contributed by atoms with Crippen molar-refractivity contribution in [1.82, 2.24) is 4.98 Å². The minimum atomic E-state index is -2.04. The smallest absolute Gasteiger partial charge is 0.348 e. The first-order chi connectivity index (χ1) is 20.2. The van der Waals surface area contributed by atoms with E-state index in [2.05, 4.69) is 11.9 Å². The highest BCUT2D eigenvalue weighted by Gasteiger charge is 2.34. The van der Waals surface area contributed by atoms with Crippen LogP contribution < -0.4 is 9.47 Å². The van der Waals surface area contributed by atoms with Crippen LogP contribution in [0.4, 0.5) is 13.2 Å². The molecule has 2 aromatic carbocycles. The van der Waals surface area contributed by atoms with Crippen LogP contribution in [0.25, 0.3) is 22.4 Å². The number of hydrogen-bond donors (Lipinski definition) is 0. The number of alkyl halides is 1. The van der Waals surface area contributed by atoms with Crippen LogP contribution in [0.1, 0.15) is 97.8 Å². The van der Waals surface area contributed by atoms with Gasteiger partial charge in [-0.05, 0) is 55.7 Å². The van der Waals surface area contributed by atoms with Gasteiger partial charge in [0, 0.05) is 17.3 Å². The molecule has 0 spiro atoms. The summed E-state index contributed by atoms with van der Waals surface area (Å²) in [7, 11) is 0. The van der Waals surface area contributed by atoms with E-state index in [1.165, 1.54) is 64.0 Å². The lowest BCUT2D eigenvalue weighted by Crippen LogP contribution is -2.34. The number of rotatable bonds is 18. The van der Waals surface area contributed by atoms with E-state index >= 15 is 0 Å². The number of pyridine rings is 1. The van der Waals surface area contributed by atoms with E-state index < -0.39 is 23.3 Å². The van der Waals surface area contributed by atoms with Crippen molar-refractivity contribution in [1.29, 1.82) is 0 Å². The maximum atomic E-state index is 14.7. The molecule has 0 aliphatic heterocycles. The maximum Gasteiger partial charge on any atom is 0.348 e. The number of carbonyl (C=O) groups excluding carboxylic acids is 1. The average molecular weight is 584 g/mol. The molecule has 0 bridgehead atoms. The molecule has 0 unspecified atom stereocenters. The van der Waals surface area contributed by atoms with Gasteiger partial charge in [-0.2, -0.15) is 0 Å². The van der Waals surface area contributed by atoms with E-state index in [4.69, 9.17) is 9.47 Å². The normalized spacial score (nSPS) is 12.6. The Morgan fingerprint density at radius 3 is 1.88 bits per heavy atom. The molecule has 0 aliphatic carbocycles. The van der Waals surface area contributed by atoms with Crippen LogP contribution in [0.2, 0.25) is 0 Å². The molecule has 1 heterocycles. The maximum absolute atomic E-state index is 14.7. The van der Waals surface area contributed by atoms with E-state index in [0.717, 1.165) is 30.4 Å². The van der Waals surface area contributed by atoms with E-state index in [0.29, 0.717) is 17.7 Å². The van der Waals surface area contributed by atoms with Gasteiger partial charge >= 0.3 is 5.97 Å². The van der Waals surface area contributed by atoms with Crippen LogP contribution in [0.3, 0.4) is 0 Å². The fourth-order valence-electron chi connectivity index (χ4n) is 4.85. The number of nitrogens with zero attached hydrogens (tertiary/aromatic N) is 1. The van der Waals surface area contributed by atoms with Crippen LogP contribution in [-0.4, -0.2) is 23.2 Å². The molecule has 42 heavy (non-hydrogen) atoms. The molecule has 0 N–H and O–H groups in total. The Hall–Kier alpha value is -3.35. The molecule has 0 amide bonds. The molecule has 3 rings (SSSR count). The Morgan fingerprint density at radius 1 is 0.762 bits per heavy atom. The van der Waals surface area contributed by atoms with E-state index in [1.54, 1.807) is 49.5 Å². The summed E-state index contributed by atoms with van der Waals surface area (Å²) in [6.45, 7) is 5.52. The Labute approximate surface area is 248 Å². The minimum absolute atomic E-state index is 0.0882. The Balaban J connectivity index is 1.50. The second-order valence-electron chi connectivity index (χ2n) is 11.1. The number of halogens is 3. The van der Waals surface area contributed by atoms with Gasteiger partial charge in [-0.25, -0.2) is 18.0 Å². The summed E-state index contributed by atoms with van der Waals surface area (Å²) >= 11 is 0. The summed E-state index contributed by atoms with van der Waals surface area (Å²) in [5.74, 6) is -2.53. The molecule has 1 aromatic heterocycles. The van der Waals surface area contributed by atoms with E-state index in [-0.39, 0.29) is 24.5 Å². The van der Waals surface area contributed by atoms with Gasteiger partial charge in [0.05, 0.1) is 12.3 Å². The van der Waals surface area contributed by atoms with Crippen molar-refractivity contribution < 1.29 is 27.4 Å². The van der Waals surface area contributed by atoms with Crippen molar-refractivity contribution in [3.05, 3.63) is 66.4 Å². The highest BCUT2D eigenvalue weighted by molar-refractivity contribution is 5.81. The highest BCUT2D eigenvalue weighted by atomic mass is 19.1.